The topological polar surface area (TPSA) is 57.5 Å². The van der Waals surface area contributed by atoms with Gasteiger partial charge >= 0.3 is 5.97 Å². The summed E-state index contributed by atoms with van der Waals surface area (Å²) in [5, 5.41) is 18.4. The van der Waals surface area contributed by atoms with Crippen LogP contribution >= 0.6 is 0 Å². The van der Waals surface area contributed by atoms with Crippen LogP contribution in [0.15, 0.2) is 72.4 Å². The Labute approximate surface area is 157 Å². The van der Waals surface area contributed by atoms with Crippen molar-refractivity contribution in [1.29, 1.82) is 0 Å². The van der Waals surface area contributed by atoms with Crippen molar-refractivity contribution in [3.8, 4) is 0 Å². The highest BCUT2D eigenvalue weighted by molar-refractivity contribution is 5.66. The van der Waals surface area contributed by atoms with Gasteiger partial charge in [-0.2, -0.15) is 0 Å². The highest BCUT2D eigenvalue weighted by atomic mass is 16.4. The lowest BCUT2D eigenvalue weighted by Gasteiger charge is -1.99. The van der Waals surface area contributed by atoms with Gasteiger partial charge < -0.3 is 10.2 Å². The molecule has 3 nitrogen and oxygen atoms in total. The Balaban J connectivity index is 2.02. The molecule has 2 atom stereocenters. The molecule has 0 amide bonds. The maximum atomic E-state index is 10.3. The van der Waals surface area contributed by atoms with Crippen molar-refractivity contribution in [3.63, 3.8) is 0 Å². The molecule has 0 radical (unpaired) electrons. The summed E-state index contributed by atoms with van der Waals surface area (Å²) in [6, 6.07) is 0. The average Bonchev–Trinajstić information content (AvgIpc) is 3.38. The number of aliphatic hydroxyl groups excluding tert-OH is 1. The Hall–Kier alpha value is -2.13. The van der Waals surface area contributed by atoms with Crippen molar-refractivity contribution >= 4 is 5.97 Å². The zero-order valence-electron chi connectivity index (χ0n) is 15.8. The quantitative estimate of drug-likeness (QED) is 0.318. The van der Waals surface area contributed by atoms with E-state index >= 15 is 0 Å². The van der Waals surface area contributed by atoms with Gasteiger partial charge in [-0.05, 0) is 44.4 Å². The fraction of sp³-hybridized carbons (Fsp3) is 0.435. The van der Waals surface area contributed by atoms with Crippen LogP contribution in [0.5, 0.6) is 0 Å². The Morgan fingerprint density at radius 2 is 1.81 bits per heavy atom. The molecule has 0 aliphatic heterocycles. The third kappa shape index (κ3) is 12.3. The van der Waals surface area contributed by atoms with E-state index in [1.54, 1.807) is 6.08 Å². The van der Waals surface area contributed by atoms with Gasteiger partial charge in [-0.1, -0.05) is 79.3 Å². The molecule has 1 aliphatic rings. The number of aliphatic carboxylic acids is 1. The van der Waals surface area contributed by atoms with E-state index in [-0.39, 0.29) is 6.42 Å². The van der Waals surface area contributed by atoms with Crippen LogP contribution in [0.1, 0.15) is 51.9 Å². The molecule has 0 heterocycles. The molecule has 0 bridgehead atoms. The van der Waals surface area contributed by atoms with Crippen LogP contribution in [-0.4, -0.2) is 22.3 Å². The Bertz CT molecular complexity index is 576. The van der Waals surface area contributed by atoms with Gasteiger partial charge in [-0.3, -0.25) is 4.79 Å². The van der Waals surface area contributed by atoms with Crippen LogP contribution in [0.2, 0.25) is 0 Å². The highest BCUT2D eigenvalue weighted by Crippen LogP contribution is 2.34. The van der Waals surface area contributed by atoms with E-state index in [0.717, 1.165) is 25.2 Å². The molecule has 1 aliphatic carbocycles. The second-order valence-electron chi connectivity index (χ2n) is 6.39. The predicted octanol–water partition coefficient (Wildman–Crippen LogP) is 5.52. The number of aliphatic hydroxyl groups is 1. The standard InChI is InChI=1S/C23H32O3/c1-2-20-19-21(20)15-13-14-17-22(24)16-11-9-7-5-3-4-6-8-10-12-18-23(25)26/h3-4,7-11,13-14,16,19-20,22,24H,2,5-6,12,15,17-18H2,1H3,(H,25,26)/b4-3-,9-7+,10-8-,14-13-,16-11+. The Kier molecular flexibility index (Phi) is 11.9. The van der Waals surface area contributed by atoms with Crippen molar-refractivity contribution < 1.29 is 15.0 Å². The minimum atomic E-state index is -0.759. The van der Waals surface area contributed by atoms with Crippen LogP contribution in [0.3, 0.4) is 0 Å². The first-order chi connectivity index (χ1) is 12.6. The van der Waals surface area contributed by atoms with Crippen molar-refractivity contribution in [2.24, 2.45) is 5.92 Å². The second kappa shape index (κ2) is 14.1. The van der Waals surface area contributed by atoms with Crippen molar-refractivity contribution in [2.45, 2.75) is 58.0 Å². The summed E-state index contributed by atoms with van der Waals surface area (Å²) in [6.07, 6.45) is 27.1. The lowest BCUT2D eigenvalue weighted by atomic mass is 10.1. The monoisotopic (exact) mass is 356 g/mol. The van der Waals surface area contributed by atoms with Crippen LogP contribution in [0.25, 0.3) is 0 Å². The van der Waals surface area contributed by atoms with Crippen molar-refractivity contribution in [3.05, 3.63) is 72.4 Å². The largest absolute Gasteiger partial charge is 0.481 e. The van der Waals surface area contributed by atoms with E-state index in [4.69, 9.17) is 5.11 Å². The van der Waals surface area contributed by atoms with Crippen LogP contribution in [0, 0.1) is 5.92 Å². The number of hydrogen-bond donors (Lipinski definition) is 2. The molecule has 0 aromatic rings. The van der Waals surface area contributed by atoms with Crippen LogP contribution < -0.4 is 0 Å². The molecule has 0 spiro atoms. The maximum Gasteiger partial charge on any atom is 0.303 e. The minimum Gasteiger partial charge on any atom is -0.481 e. The molecule has 0 aromatic carbocycles. The van der Waals surface area contributed by atoms with Gasteiger partial charge in [0.1, 0.15) is 0 Å². The summed E-state index contributed by atoms with van der Waals surface area (Å²) in [5.74, 6) is -0.0258. The molecule has 2 unspecified atom stereocenters. The molecule has 1 rings (SSSR count). The second-order valence-corrected chi connectivity index (χ2v) is 6.39. The van der Waals surface area contributed by atoms with Crippen LogP contribution in [0.4, 0.5) is 0 Å². The Morgan fingerprint density at radius 3 is 2.50 bits per heavy atom. The van der Waals surface area contributed by atoms with E-state index in [2.05, 4.69) is 37.3 Å². The van der Waals surface area contributed by atoms with E-state index in [9.17, 15) is 9.90 Å². The van der Waals surface area contributed by atoms with Gasteiger partial charge in [0.05, 0.1) is 6.10 Å². The third-order valence-corrected chi connectivity index (χ3v) is 4.10. The number of carboxylic acids is 1. The van der Waals surface area contributed by atoms with Gasteiger partial charge in [0.15, 0.2) is 0 Å². The SMILES string of the molecule is CCC1C=C1C/C=C\CC(O)/C=C/C=C/C/C=C\C/C=C\CCC(=O)O. The number of allylic oxidation sites excluding steroid dienone is 10. The lowest BCUT2D eigenvalue weighted by molar-refractivity contribution is -0.136. The predicted molar refractivity (Wildman–Crippen MR) is 109 cm³/mol. The first-order valence-electron chi connectivity index (χ1n) is 9.52. The molecule has 0 saturated heterocycles. The average molecular weight is 357 g/mol. The fourth-order valence-electron chi connectivity index (χ4n) is 2.46. The zero-order valence-corrected chi connectivity index (χ0v) is 15.8. The summed E-state index contributed by atoms with van der Waals surface area (Å²) < 4.78 is 0. The van der Waals surface area contributed by atoms with E-state index in [1.165, 1.54) is 12.0 Å². The minimum absolute atomic E-state index is 0.189. The molecule has 0 fully saturated rings. The number of rotatable bonds is 14. The summed E-state index contributed by atoms with van der Waals surface area (Å²) >= 11 is 0. The molecule has 3 heteroatoms. The van der Waals surface area contributed by atoms with Crippen LogP contribution in [-0.2, 0) is 4.79 Å². The summed E-state index contributed by atoms with van der Waals surface area (Å²) in [6.45, 7) is 2.21. The number of hydrogen-bond acceptors (Lipinski definition) is 2. The lowest BCUT2D eigenvalue weighted by Crippen LogP contribution is -1.98. The van der Waals surface area contributed by atoms with Gasteiger partial charge in [0.25, 0.3) is 0 Å². The number of carboxylic acid groups (broad SMARTS) is 1. The molecular formula is C23H32O3. The first-order valence-corrected chi connectivity index (χ1v) is 9.52. The summed E-state index contributed by atoms with van der Waals surface area (Å²) in [4.78, 5) is 10.3. The maximum absolute atomic E-state index is 10.3. The first kappa shape index (κ1) is 21.9. The van der Waals surface area contributed by atoms with Gasteiger partial charge in [-0.25, -0.2) is 0 Å². The zero-order chi connectivity index (χ0) is 19.0. The van der Waals surface area contributed by atoms with Gasteiger partial charge in [-0.15, -0.1) is 0 Å². The Morgan fingerprint density at radius 1 is 1.08 bits per heavy atom. The molecular weight excluding hydrogens is 324 g/mol. The highest BCUT2D eigenvalue weighted by Gasteiger charge is 2.19. The molecule has 0 saturated carbocycles. The fourth-order valence-corrected chi connectivity index (χ4v) is 2.46. The van der Waals surface area contributed by atoms with Crippen molar-refractivity contribution in [1.82, 2.24) is 0 Å². The van der Waals surface area contributed by atoms with E-state index < -0.39 is 12.1 Å². The smallest absolute Gasteiger partial charge is 0.303 e. The third-order valence-electron chi connectivity index (χ3n) is 4.10. The van der Waals surface area contributed by atoms with Gasteiger partial charge in [0, 0.05) is 6.42 Å². The molecule has 142 valence electrons. The summed E-state index contributed by atoms with van der Waals surface area (Å²) in [7, 11) is 0. The van der Waals surface area contributed by atoms with Crippen molar-refractivity contribution in [2.75, 3.05) is 0 Å². The molecule has 2 N–H and O–H groups in total. The number of carbonyl (C=O) groups is 1. The molecule has 0 aromatic heterocycles. The van der Waals surface area contributed by atoms with E-state index in [1.807, 2.05) is 30.4 Å². The molecule has 26 heavy (non-hydrogen) atoms. The normalized spacial score (nSPS) is 18.7. The summed E-state index contributed by atoms with van der Waals surface area (Å²) in [5.41, 5.74) is 1.53. The van der Waals surface area contributed by atoms with Gasteiger partial charge in [0.2, 0.25) is 0 Å². The van der Waals surface area contributed by atoms with E-state index in [0.29, 0.717) is 12.8 Å².